The Balaban J connectivity index is 2.81. The second kappa shape index (κ2) is 4.18. The van der Waals surface area contributed by atoms with E-state index in [0.717, 1.165) is 0 Å². The summed E-state index contributed by atoms with van der Waals surface area (Å²) in [6, 6.07) is -0.842. The number of carboxylic acid groups (broad SMARTS) is 1. The summed E-state index contributed by atoms with van der Waals surface area (Å²) in [5.74, 6) is -1.15. The number of amides is 1. The highest BCUT2D eigenvalue weighted by atomic mass is 16.5. The molecule has 1 rings (SSSR count). The average Bonchev–Trinajstić information content (AvgIpc) is 2.15. The number of carbonyl (C=O) groups is 2. The Kier molecular flexibility index (Phi) is 3.34. The highest BCUT2D eigenvalue weighted by molar-refractivity contribution is 5.87. The van der Waals surface area contributed by atoms with Crippen LogP contribution in [0.1, 0.15) is 20.8 Å². The van der Waals surface area contributed by atoms with Crippen molar-refractivity contribution in [1.82, 2.24) is 4.90 Å². The van der Waals surface area contributed by atoms with Gasteiger partial charge >= 0.3 is 5.97 Å². The molecule has 1 aliphatic heterocycles. The topological polar surface area (TPSA) is 66.8 Å². The van der Waals surface area contributed by atoms with E-state index in [2.05, 4.69) is 0 Å². The second-order valence-electron chi connectivity index (χ2n) is 4.68. The number of morpholine rings is 1. The lowest BCUT2D eigenvalue weighted by Gasteiger charge is -2.36. The molecule has 0 aromatic carbocycles. The van der Waals surface area contributed by atoms with Crippen molar-refractivity contribution in [3.63, 3.8) is 0 Å². The highest BCUT2D eigenvalue weighted by Crippen LogP contribution is 2.20. The summed E-state index contributed by atoms with van der Waals surface area (Å²) < 4.78 is 5.06. The lowest BCUT2D eigenvalue weighted by Crippen LogP contribution is -2.55. The highest BCUT2D eigenvalue weighted by Gasteiger charge is 2.37. The Bertz CT molecular complexity index is 269. The molecule has 1 N–H and O–H groups in total. The van der Waals surface area contributed by atoms with Gasteiger partial charge < -0.3 is 14.7 Å². The van der Waals surface area contributed by atoms with Gasteiger partial charge in [-0.2, -0.15) is 0 Å². The smallest absolute Gasteiger partial charge is 0.328 e. The molecule has 5 heteroatoms. The van der Waals surface area contributed by atoms with Crippen molar-refractivity contribution < 1.29 is 19.4 Å². The first kappa shape index (κ1) is 12.0. The minimum absolute atomic E-state index is 0.0805. The van der Waals surface area contributed by atoms with Gasteiger partial charge in [0.1, 0.15) is 0 Å². The predicted molar refractivity (Wildman–Crippen MR) is 53.4 cm³/mol. The number of ether oxygens (including phenoxy) is 1. The molecule has 15 heavy (non-hydrogen) atoms. The Hall–Kier alpha value is -1.10. The fourth-order valence-electron chi connectivity index (χ4n) is 1.48. The van der Waals surface area contributed by atoms with Gasteiger partial charge in [-0.05, 0) is 0 Å². The maximum atomic E-state index is 11.9. The molecule has 1 fully saturated rings. The van der Waals surface area contributed by atoms with Crippen molar-refractivity contribution in [2.24, 2.45) is 5.41 Å². The minimum Gasteiger partial charge on any atom is -0.480 e. The normalized spacial score (nSPS) is 22.6. The van der Waals surface area contributed by atoms with Crippen LogP contribution in [0.3, 0.4) is 0 Å². The molecule has 0 saturated carbocycles. The van der Waals surface area contributed by atoms with E-state index in [4.69, 9.17) is 9.84 Å². The van der Waals surface area contributed by atoms with Crippen LogP contribution < -0.4 is 0 Å². The molecule has 0 bridgehead atoms. The molecule has 5 nitrogen and oxygen atoms in total. The maximum Gasteiger partial charge on any atom is 0.328 e. The Morgan fingerprint density at radius 2 is 2.00 bits per heavy atom. The van der Waals surface area contributed by atoms with E-state index < -0.39 is 17.4 Å². The fraction of sp³-hybridized carbons (Fsp3) is 0.800. The average molecular weight is 215 g/mol. The lowest BCUT2D eigenvalue weighted by molar-refractivity contribution is -0.162. The summed E-state index contributed by atoms with van der Waals surface area (Å²) in [6.07, 6.45) is 0. The molecule has 1 aliphatic rings. The third kappa shape index (κ3) is 2.68. The molecule has 0 aliphatic carbocycles. The standard InChI is InChI=1S/C10H17NO4/c1-10(2,3)9(14)11-4-5-15-6-7(11)8(12)13/h7H,4-6H2,1-3H3,(H,12,13)/t7-/m1/s1. The van der Waals surface area contributed by atoms with Crippen molar-refractivity contribution in [2.45, 2.75) is 26.8 Å². The molecule has 0 aromatic rings. The summed E-state index contributed by atoms with van der Waals surface area (Å²) >= 11 is 0. The van der Waals surface area contributed by atoms with E-state index >= 15 is 0 Å². The van der Waals surface area contributed by atoms with Gasteiger partial charge in [0.25, 0.3) is 0 Å². The van der Waals surface area contributed by atoms with Gasteiger partial charge in [0.05, 0.1) is 13.2 Å². The zero-order valence-corrected chi connectivity index (χ0v) is 9.32. The van der Waals surface area contributed by atoms with E-state index in [1.807, 2.05) is 0 Å². The molecule has 0 unspecified atom stereocenters. The second-order valence-corrected chi connectivity index (χ2v) is 4.68. The number of hydrogen-bond acceptors (Lipinski definition) is 3. The lowest BCUT2D eigenvalue weighted by atomic mass is 9.93. The van der Waals surface area contributed by atoms with Crippen molar-refractivity contribution in [3.05, 3.63) is 0 Å². The number of rotatable bonds is 1. The van der Waals surface area contributed by atoms with Crippen molar-refractivity contribution in [2.75, 3.05) is 19.8 Å². The molecule has 86 valence electrons. The van der Waals surface area contributed by atoms with Gasteiger partial charge in [0.2, 0.25) is 5.91 Å². The van der Waals surface area contributed by atoms with Gasteiger partial charge in [-0.3, -0.25) is 4.79 Å². The van der Waals surface area contributed by atoms with Crippen LogP contribution in [-0.2, 0) is 14.3 Å². The Labute approximate surface area is 89.0 Å². The zero-order chi connectivity index (χ0) is 11.6. The van der Waals surface area contributed by atoms with Crippen LogP contribution in [0.2, 0.25) is 0 Å². The van der Waals surface area contributed by atoms with Gasteiger partial charge in [-0.1, -0.05) is 20.8 Å². The summed E-state index contributed by atoms with van der Waals surface area (Å²) in [5.41, 5.74) is -0.551. The van der Waals surface area contributed by atoms with Crippen LogP contribution in [0.15, 0.2) is 0 Å². The molecular weight excluding hydrogens is 198 g/mol. The minimum atomic E-state index is -1.01. The van der Waals surface area contributed by atoms with Crippen molar-refractivity contribution >= 4 is 11.9 Å². The molecule has 0 radical (unpaired) electrons. The summed E-state index contributed by atoms with van der Waals surface area (Å²) in [6.45, 7) is 6.19. The molecule has 1 heterocycles. The number of carbonyl (C=O) groups excluding carboxylic acids is 1. The van der Waals surface area contributed by atoms with Gasteiger partial charge in [-0.15, -0.1) is 0 Å². The monoisotopic (exact) mass is 215 g/mol. The van der Waals surface area contributed by atoms with Crippen LogP contribution >= 0.6 is 0 Å². The van der Waals surface area contributed by atoms with E-state index in [1.54, 1.807) is 20.8 Å². The third-order valence-electron chi connectivity index (χ3n) is 2.32. The van der Waals surface area contributed by atoms with Crippen molar-refractivity contribution in [1.29, 1.82) is 0 Å². The van der Waals surface area contributed by atoms with Gasteiger partial charge in [-0.25, -0.2) is 4.79 Å². The number of nitrogens with zero attached hydrogens (tertiary/aromatic N) is 1. The molecule has 1 amide bonds. The summed E-state index contributed by atoms with van der Waals surface area (Å²) in [7, 11) is 0. The summed E-state index contributed by atoms with van der Waals surface area (Å²) in [4.78, 5) is 24.3. The molecular formula is C10H17NO4. The SMILES string of the molecule is CC(C)(C)C(=O)N1CCOC[C@@H]1C(=O)O. The van der Waals surface area contributed by atoms with Crippen molar-refractivity contribution in [3.8, 4) is 0 Å². The van der Waals surface area contributed by atoms with Crippen LogP contribution in [0, 0.1) is 5.41 Å². The molecule has 0 aromatic heterocycles. The van der Waals surface area contributed by atoms with Crippen LogP contribution in [0.4, 0.5) is 0 Å². The largest absolute Gasteiger partial charge is 0.480 e. The fourth-order valence-corrected chi connectivity index (χ4v) is 1.48. The van der Waals surface area contributed by atoms with Crippen LogP contribution in [-0.4, -0.2) is 47.7 Å². The molecule has 1 saturated heterocycles. The molecule has 1 atom stereocenters. The number of aliphatic carboxylic acids is 1. The van der Waals surface area contributed by atoms with Gasteiger partial charge in [0, 0.05) is 12.0 Å². The van der Waals surface area contributed by atoms with E-state index in [-0.39, 0.29) is 12.5 Å². The first-order valence-electron chi connectivity index (χ1n) is 4.95. The summed E-state index contributed by atoms with van der Waals surface area (Å²) in [5, 5.41) is 8.95. The van der Waals surface area contributed by atoms with E-state index in [9.17, 15) is 9.59 Å². The van der Waals surface area contributed by atoms with Gasteiger partial charge in [0.15, 0.2) is 6.04 Å². The van der Waals surface area contributed by atoms with E-state index in [0.29, 0.717) is 13.2 Å². The molecule has 0 spiro atoms. The van der Waals surface area contributed by atoms with E-state index in [1.165, 1.54) is 4.90 Å². The van der Waals surface area contributed by atoms with Crippen LogP contribution in [0.25, 0.3) is 0 Å². The van der Waals surface area contributed by atoms with Crippen LogP contribution in [0.5, 0.6) is 0 Å². The number of hydrogen-bond donors (Lipinski definition) is 1. The Morgan fingerprint density at radius 1 is 1.40 bits per heavy atom. The number of carboxylic acids is 1. The quantitative estimate of drug-likeness (QED) is 0.685. The first-order chi connectivity index (χ1) is 6.84. The third-order valence-corrected chi connectivity index (χ3v) is 2.32. The Morgan fingerprint density at radius 3 is 2.47 bits per heavy atom. The zero-order valence-electron chi connectivity index (χ0n) is 9.32. The first-order valence-corrected chi connectivity index (χ1v) is 4.95. The maximum absolute atomic E-state index is 11.9. The predicted octanol–water partition coefficient (Wildman–Crippen LogP) is 0.344.